The minimum Gasteiger partial charge on any atom is -0.324 e. The molecule has 2 amide bonds. The third-order valence-corrected chi connectivity index (χ3v) is 4.58. The van der Waals surface area contributed by atoms with Crippen LogP contribution < -0.4 is 5.32 Å². The lowest BCUT2D eigenvalue weighted by molar-refractivity contribution is 0.198. The van der Waals surface area contributed by atoms with E-state index in [4.69, 9.17) is 11.6 Å². The summed E-state index contributed by atoms with van der Waals surface area (Å²) in [6, 6.07) is 8.17. The van der Waals surface area contributed by atoms with Crippen LogP contribution in [0.3, 0.4) is 0 Å². The minimum absolute atomic E-state index is 0.121. The number of halogens is 2. The average molecular weight is 360 g/mol. The van der Waals surface area contributed by atoms with Crippen LogP contribution in [0.2, 0.25) is 5.02 Å². The van der Waals surface area contributed by atoms with Crippen LogP contribution in [0.1, 0.15) is 18.9 Å². The summed E-state index contributed by atoms with van der Waals surface area (Å²) in [4.78, 5) is 18.2. The second kappa shape index (κ2) is 7.66. The number of anilines is 1. The first kappa shape index (κ1) is 17.4. The molecule has 4 nitrogen and oxygen atoms in total. The van der Waals surface area contributed by atoms with Crippen molar-refractivity contribution in [1.29, 1.82) is 0 Å². The molecule has 1 aliphatic heterocycles. The lowest BCUT2D eigenvalue weighted by Gasteiger charge is -2.33. The topological polar surface area (TPSA) is 45.2 Å². The van der Waals surface area contributed by atoms with Gasteiger partial charge in [0.1, 0.15) is 5.82 Å². The van der Waals surface area contributed by atoms with Crippen molar-refractivity contribution in [2.75, 3.05) is 18.4 Å². The van der Waals surface area contributed by atoms with Crippen LogP contribution in [0.4, 0.5) is 14.9 Å². The first-order chi connectivity index (χ1) is 12.0. The summed E-state index contributed by atoms with van der Waals surface area (Å²) in [6.45, 7) is 3.35. The third-order valence-electron chi connectivity index (χ3n) is 4.29. The summed E-state index contributed by atoms with van der Waals surface area (Å²) < 4.78 is 13.3. The molecular formula is C19H19ClFN3O. The molecule has 6 heteroatoms. The summed E-state index contributed by atoms with van der Waals surface area (Å²) >= 11 is 5.84. The number of carbonyl (C=O) groups is 1. The van der Waals surface area contributed by atoms with Gasteiger partial charge in [0, 0.05) is 19.3 Å². The van der Waals surface area contributed by atoms with Crippen molar-refractivity contribution < 1.29 is 9.18 Å². The molecule has 1 saturated heterocycles. The maximum Gasteiger partial charge on any atom is 0.321 e. The van der Waals surface area contributed by atoms with Gasteiger partial charge in [0.15, 0.2) is 0 Å². The molecule has 0 spiro atoms. The third kappa shape index (κ3) is 4.37. The Morgan fingerprint density at radius 2 is 2.28 bits per heavy atom. The molecule has 3 rings (SSSR count). The standard InChI is InChI=1S/C19H19ClFN3O/c1-13-12-24(19(25)23-16-3-2-7-22-11-16)8-6-15(13)9-14-4-5-18(21)17(20)10-14/h2-5,7,9-11,13H,6,8,12H2,1H3,(H,23,25). The first-order valence-electron chi connectivity index (χ1n) is 8.14. The number of amides is 2. The molecular weight excluding hydrogens is 341 g/mol. The molecule has 1 aromatic carbocycles. The number of piperidine rings is 1. The zero-order valence-corrected chi connectivity index (χ0v) is 14.6. The zero-order chi connectivity index (χ0) is 17.8. The highest BCUT2D eigenvalue weighted by Crippen LogP contribution is 2.26. The van der Waals surface area contributed by atoms with E-state index in [1.54, 1.807) is 35.5 Å². The number of rotatable bonds is 2. The number of hydrogen-bond donors (Lipinski definition) is 1. The molecule has 25 heavy (non-hydrogen) atoms. The first-order valence-corrected chi connectivity index (χ1v) is 8.52. The fourth-order valence-electron chi connectivity index (χ4n) is 2.90. The highest BCUT2D eigenvalue weighted by Gasteiger charge is 2.24. The van der Waals surface area contributed by atoms with E-state index >= 15 is 0 Å². The lowest BCUT2D eigenvalue weighted by atomic mass is 9.91. The molecule has 1 N–H and O–H groups in total. The van der Waals surface area contributed by atoms with Gasteiger partial charge in [-0.2, -0.15) is 0 Å². The number of likely N-dealkylation sites (tertiary alicyclic amines) is 1. The zero-order valence-electron chi connectivity index (χ0n) is 13.9. The molecule has 1 aliphatic rings. The molecule has 0 saturated carbocycles. The molecule has 0 bridgehead atoms. The van der Waals surface area contributed by atoms with Gasteiger partial charge in [-0.05, 0) is 42.2 Å². The van der Waals surface area contributed by atoms with Crippen molar-refractivity contribution in [3.8, 4) is 0 Å². The number of nitrogens with zero attached hydrogens (tertiary/aromatic N) is 2. The van der Waals surface area contributed by atoms with Gasteiger partial charge in [-0.25, -0.2) is 9.18 Å². The van der Waals surface area contributed by atoms with Gasteiger partial charge < -0.3 is 10.2 Å². The van der Waals surface area contributed by atoms with Crippen molar-refractivity contribution >= 4 is 29.4 Å². The van der Waals surface area contributed by atoms with Crippen LogP contribution in [0, 0.1) is 11.7 Å². The van der Waals surface area contributed by atoms with E-state index in [1.807, 2.05) is 12.1 Å². The Balaban J connectivity index is 1.64. The van der Waals surface area contributed by atoms with Gasteiger partial charge in [-0.3, -0.25) is 4.98 Å². The van der Waals surface area contributed by atoms with E-state index in [0.717, 1.165) is 12.0 Å². The summed E-state index contributed by atoms with van der Waals surface area (Å²) in [5.41, 5.74) is 2.79. The largest absolute Gasteiger partial charge is 0.324 e. The van der Waals surface area contributed by atoms with Gasteiger partial charge >= 0.3 is 6.03 Å². The molecule has 1 atom stereocenters. The lowest BCUT2D eigenvalue weighted by Crippen LogP contribution is -2.42. The second-order valence-electron chi connectivity index (χ2n) is 6.16. The predicted octanol–water partition coefficient (Wildman–Crippen LogP) is 4.83. The number of hydrogen-bond acceptors (Lipinski definition) is 2. The summed E-state index contributed by atoms with van der Waals surface area (Å²) in [5, 5.41) is 2.98. The Morgan fingerprint density at radius 3 is 2.96 bits per heavy atom. The van der Waals surface area contributed by atoms with Crippen molar-refractivity contribution in [3.05, 3.63) is 64.7 Å². The molecule has 1 fully saturated rings. The maximum absolute atomic E-state index is 13.3. The van der Waals surface area contributed by atoms with Gasteiger partial charge in [0.05, 0.1) is 16.9 Å². The number of urea groups is 1. The Kier molecular flexibility index (Phi) is 5.34. The number of benzene rings is 1. The Labute approximate surface area is 151 Å². The van der Waals surface area contributed by atoms with Crippen LogP contribution in [0.25, 0.3) is 6.08 Å². The number of nitrogens with one attached hydrogen (secondary N) is 1. The van der Waals surface area contributed by atoms with Crippen LogP contribution in [0.5, 0.6) is 0 Å². The second-order valence-corrected chi connectivity index (χ2v) is 6.57. The van der Waals surface area contributed by atoms with E-state index < -0.39 is 5.82 Å². The SMILES string of the molecule is CC1CN(C(=O)Nc2cccnc2)CCC1=Cc1ccc(F)c(Cl)c1. The van der Waals surface area contributed by atoms with Crippen molar-refractivity contribution in [3.63, 3.8) is 0 Å². The quantitative estimate of drug-likeness (QED) is 0.834. The average Bonchev–Trinajstić information content (AvgIpc) is 2.60. The minimum atomic E-state index is -0.418. The molecule has 0 radical (unpaired) electrons. The molecule has 1 unspecified atom stereocenters. The number of carbonyl (C=O) groups excluding carboxylic acids is 1. The van der Waals surface area contributed by atoms with Crippen LogP contribution in [0.15, 0.2) is 48.3 Å². The van der Waals surface area contributed by atoms with E-state index in [1.165, 1.54) is 11.6 Å². The summed E-state index contributed by atoms with van der Waals surface area (Å²) in [6.07, 6.45) is 6.09. The Morgan fingerprint density at radius 1 is 1.44 bits per heavy atom. The van der Waals surface area contributed by atoms with Gasteiger partial charge in [-0.1, -0.05) is 36.2 Å². The van der Waals surface area contributed by atoms with E-state index in [9.17, 15) is 9.18 Å². The molecule has 1 aromatic heterocycles. The molecule has 2 heterocycles. The van der Waals surface area contributed by atoms with Crippen molar-refractivity contribution in [2.24, 2.45) is 5.92 Å². The van der Waals surface area contributed by atoms with E-state index in [0.29, 0.717) is 18.8 Å². The fourth-order valence-corrected chi connectivity index (χ4v) is 3.09. The highest BCUT2D eigenvalue weighted by atomic mass is 35.5. The van der Waals surface area contributed by atoms with Crippen LogP contribution in [-0.2, 0) is 0 Å². The van der Waals surface area contributed by atoms with Crippen molar-refractivity contribution in [2.45, 2.75) is 13.3 Å². The van der Waals surface area contributed by atoms with Crippen LogP contribution >= 0.6 is 11.6 Å². The predicted molar refractivity (Wildman–Crippen MR) is 98.0 cm³/mol. The highest BCUT2D eigenvalue weighted by molar-refractivity contribution is 6.30. The maximum atomic E-state index is 13.3. The van der Waals surface area contributed by atoms with E-state index in [2.05, 4.69) is 17.2 Å². The van der Waals surface area contributed by atoms with Gasteiger partial charge in [-0.15, -0.1) is 0 Å². The molecule has 130 valence electrons. The summed E-state index contributed by atoms with van der Waals surface area (Å²) in [7, 11) is 0. The van der Waals surface area contributed by atoms with Gasteiger partial charge in [0.25, 0.3) is 0 Å². The Hall–Kier alpha value is -2.40. The molecule has 0 aliphatic carbocycles. The Bertz CT molecular complexity index is 795. The fraction of sp³-hybridized carbons (Fsp3) is 0.263. The monoisotopic (exact) mass is 359 g/mol. The van der Waals surface area contributed by atoms with Gasteiger partial charge in [0.2, 0.25) is 0 Å². The van der Waals surface area contributed by atoms with E-state index in [-0.39, 0.29) is 17.0 Å². The van der Waals surface area contributed by atoms with Crippen LogP contribution in [-0.4, -0.2) is 29.0 Å². The smallest absolute Gasteiger partial charge is 0.321 e. The summed E-state index contributed by atoms with van der Waals surface area (Å²) in [5.74, 6) is -0.198. The van der Waals surface area contributed by atoms with Crippen molar-refractivity contribution in [1.82, 2.24) is 9.88 Å². The number of pyridine rings is 1. The molecule has 2 aromatic rings. The normalized spacial score (nSPS) is 19.1. The number of aromatic nitrogens is 1.